The standard InChI is InChI=1S/C16H24N2O2/c19-16(5-4-12-6-9-17-10-7-12)18-14-2-1-3-15-13(14)8-11-20-15/h8,11-12,14,17H,1-7,9-10H2,(H,18,19). The summed E-state index contributed by atoms with van der Waals surface area (Å²) in [6, 6.07) is 2.17. The summed E-state index contributed by atoms with van der Waals surface area (Å²) in [5, 5.41) is 6.55. The molecule has 0 radical (unpaired) electrons. The first-order chi connectivity index (χ1) is 9.83. The number of nitrogens with one attached hydrogen (secondary N) is 2. The third kappa shape index (κ3) is 3.23. The lowest BCUT2D eigenvalue weighted by Crippen LogP contribution is -2.32. The second-order valence-corrected chi connectivity index (χ2v) is 6.04. The van der Waals surface area contributed by atoms with Crippen LogP contribution < -0.4 is 10.6 Å². The maximum absolute atomic E-state index is 12.1. The molecule has 0 spiro atoms. The van der Waals surface area contributed by atoms with Gasteiger partial charge in [-0.1, -0.05) is 0 Å². The Morgan fingerprint density at radius 1 is 1.35 bits per heavy atom. The molecule has 1 aromatic rings. The van der Waals surface area contributed by atoms with Gasteiger partial charge in [-0.05, 0) is 57.2 Å². The number of piperidine rings is 1. The van der Waals surface area contributed by atoms with Gasteiger partial charge in [0.05, 0.1) is 12.3 Å². The summed E-state index contributed by atoms with van der Waals surface area (Å²) < 4.78 is 5.46. The lowest BCUT2D eigenvalue weighted by atomic mass is 9.91. The summed E-state index contributed by atoms with van der Waals surface area (Å²) in [5.41, 5.74) is 1.19. The molecule has 2 heterocycles. The smallest absolute Gasteiger partial charge is 0.220 e. The van der Waals surface area contributed by atoms with E-state index in [1.54, 1.807) is 6.26 Å². The van der Waals surface area contributed by atoms with E-state index in [-0.39, 0.29) is 11.9 Å². The van der Waals surface area contributed by atoms with E-state index in [1.807, 2.05) is 6.07 Å². The summed E-state index contributed by atoms with van der Waals surface area (Å²) in [7, 11) is 0. The van der Waals surface area contributed by atoms with Crippen molar-refractivity contribution in [1.82, 2.24) is 10.6 Å². The van der Waals surface area contributed by atoms with Crippen molar-refractivity contribution in [3.8, 4) is 0 Å². The van der Waals surface area contributed by atoms with Crippen LogP contribution in [0, 0.1) is 5.92 Å². The minimum absolute atomic E-state index is 0.165. The SMILES string of the molecule is O=C(CCC1CCNCC1)NC1CCCc2occc21. The van der Waals surface area contributed by atoms with Crippen molar-refractivity contribution in [2.45, 2.75) is 51.0 Å². The van der Waals surface area contributed by atoms with Crippen molar-refractivity contribution in [3.63, 3.8) is 0 Å². The van der Waals surface area contributed by atoms with Gasteiger partial charge in [-0.3, -0.25) is 4.79 Å². The van der Waals surface area contributed by atoms with Crippen LogP contribution in [0.15, 0.2) is 16.7 Å². The Morgan fingerprint density at radius 2 is 2.20 bits per heavy atom. The van der Waals surface area contributed by atoms with E-state index < -0.39 is 0 Å². The van der Waals surface area contributed by atoms with E-state index in [0.717, 1.165) is 50.5 Å². The third-order valence-corrected chi connectivity index (χ3v) is 4.63. The van der Waals surface area contributed by atoms with Gasteiger partial charge in [0.25, 0.3) is 0 Å². The van der Waals surface area contributed by atoms with Gasteiger partial charge >= 0.3 is 0 Å². The van der Waals surface area contributed by atoms with Crippen LogP contribution in [0.25, 0.3) is 0 Å². The van der Waals surface area contributed by atoms with E-state index >= 15 is 0 Å². The molecule has 1 atom stereocenters. The fraction of sp³-hybridized carbons (Fsp3) is 0.688. The number of fused-ring (bicyclic) bond motifs is 1. The number of carbonyl (C=O) groups is 1. The molecule has 1 aliphatic heterocycles. The van der Waals surface area contributed by atoms with Crippen molar-refractivity contribution in [2.75, 3.05) is 13.1 Å². The van der Waals surface area contributed by atoms with E-state index in [9.17, 15) is 4.79 Å². The molecule has 0 bridgehead atoms. The van der Waals surface area contributed by atoms with E-state index in [4.69, 9.17) is 4.42 Å². The molecule has 1 fully saturated rings. The van der Waals surface area contributed by atoms with Crippen LogP contribution >= 0.6 is 0 Å². The van der Waals surface area contributed by atoms with Gasteiger partial charge in [-0.25, -0.2) is 0 Å². The van der Waals surface area contributed by atoms with Crippen LogP contribution in [-0.2, 0) is 11.2 Å². The summed E-state index contributed by atoms with van der Waals surface area (Å²) in [6.07, 6.45) is 8.98. The Kier molecular flexibility index (Phi) is 4.41. The lowest BCUT2D eigenvalue weighted by Gasteiger charge is -2.24. The number of hydrogen-bond donors (Lipinski definition) is 2. The van der Waals surface area contributed by atoms with Gasteiger partial charge in [0.2, 0.25) is 5.91 Å². The molecule has 1 aromatic heterocycles. The van der Waals surface area contributed by atoms with Gasteiger partial charge in [0.1, 0.15) is 5.76 Å². The topological polar surface area (TPSA) is 54.3 Å². The quantitative estimate of drug-likeness (QED) is 0.888. The Labute approximate surface area is 120 Å². The van der Waals surface area contributed by atoms with Gasteiger partial charge < -0.3 is 15.1 Å². The summed E-state index contributed by atoms with van der Waals surface area (Å²) in [6.45, 7) is 2.21. The minimum atomic E-state index is 0.165. The van der Waals surface area contributed by atoms with Crippen LogP contribution in [-0.4, -0.2) is 19.0 Å². The van der Waals surface area contributed by atoms with E-state index in [1.165, 1.54) is 18.4 Å². The molecule has 4 nitrogen and oxygen atoms in total. The average molecular weight is 276 g/mol. The predicted octanol–water partition coefficient (Wildman–Crippen LogP) is 2.55. The average Bonchev–Trinajstić information content (AvgIpc) is 2.96. The van der Waals surface area contributed by atoms with E-state index in [0.29, 0.717) is 6.42 Å². The second-order valence-electron chi connectivity index (χ2n) is 6.04. The molecule has 2 aliphatic rings. The first kappa shape index (κ1) is 13.7. The molecule has 3 rings (SSSR count). The molecule has 110 valence electrons. The monoisotopic (exact) mass is 276 g/mol. The number of aryl methyl sites for hydroxylation is 1. The molecule has 1 aliphatic carbocycles. The number of furan rings is 1. The van der Waals surface area contributed by atoms with Crippen molar-refractivity contribution in [3.05, 3.63) is 23.7 Å². The number of carbonyl (C=O) groups excluding carboxylic acids is 1. The number of rotatable bonds is 4. The van der Waals surface area contributed by atoms with Crippen molar-refractivity contribution >= 4 is 5.91 Å². The van der Waals surface area contributed by atoms with Crippen molar-refractivity contribution in [2.24, 2.45) is 5.92 Å². The highest BCUT2D eigenvalue weighted by Crippen LogP contribution is 2.30. The zero-order valence-corrected chi connectivity index (χ0v) is 12.0. The van der Waals surface area contributed by atoms with Crippen molar-refractivity contribution < 1.29 is 9.21 Å². The molecule has 0 aromatic carbocycles. The molecular formula is C16H24N2O2. The van der Waals surface area contributed by atoms with Crippen LogP contribution in [0.4, 0.5) is 0 Å². The maximum atomic E-state index is 12.1. The number of amides is 1. The first-order valence-electron chi connectivity index (χ1n) is 7.89. The van der Waals surface area contributed by atoms with Crippen LogP contribution in [0.2, 0.25) is 0 Å². The summed E-state index contributed by atoms with van der Waals surface area (Å²) in [4.78, 5) is 12.1. The van der Waals surface area contributed by atoms with Gasteiger partial charge in [-0.15, -0.1) is 0 Å². The van der Waals surface area contributed by atoms with Gasteiger partial charge in [0.15, 0.2) is 0 Å². The Bertz CT molecular complexity index is 449. The van der Waals surface area contributed by atoms with Gasteiger partial charge in [-0.2, -0.15) is 0 Å². The lowest BCUT2D eigenvalue weighted by molar-refractivity contribution is -0.122. The summed E-state index contributed by atoms with van der Waals surface area (Å²) in [5.74, 6) is 1.97. The summed E-state index contributed by atoms with van der Waals surface area (Å²) >= 11 is 0. The zero-order valence-electron chi connectivity index (χ0n) is 12.0. The largest absolute Gasteiger partial charge is 0.469 e. The molecule has 1 saturated heterocycles. The fourth-order valence-corrected chi connectivity index (χ4v) is 3.41. The molecule has 0 saturated carbocycles. The molecule has 1 unspecified atom stereocenters. The Morgan fingerprint density at radius 3 is 3.05 bits per heavy atom. The normalized spacial score (nSPS) is 23.3. The van der Waals surface area contributed by atoms with Crippen LogP contribution in [0.5, 0.6) is 0 Å². The van der Waals surface area contributed by atoms with Gasteiger partial charge in [0, 0.05) is 18.4 Å². The first-order valence-corrected chi connectivity index (χ1v) is 7.89. The van der Waals surface area contributed by atoms with Crippen molar-refractivity contribution in [1.29, 1.82) is 0 Å². The zero-order chi connectivity index (χ0) is 13.8. The van der Waals surface area contributed by atoms with Crippen LogP contribution in [0.1, 0.15) is 55.9 Å². The van der Waals surface area contributed by atoms with Crippen LogP contribution in [0.3, 0.4) is 0 Å². The highest BCUT2D eigenvalue weighted by Gasteiger charge is 2.24. The minimum Gasteiger partial charge on any atom is -0.469 e. The third-order valence-electron chi connectivity index (χ3n) is 4.63. The highest BCUT2D eigenvalue weighted by molar-refractivity contribution is 5.76. The fourth-order valence-electron chi connectivity index (χ4n) is 3.41. The molecule has 2 N–H and O–H groups in total. The second kappa shape index (κ2) is 6.44. The number of hydrogen-bond acceptors (Lipinski definition) is 3. The van der Waals surface area contributed by atoms with E-state index in [2.05, 4.69) is 10.6 Å². The molecular weight excluding hydrogens is 252 g/mol. The highest BCUT2D eigenvalue weighted by atomic mass is 16.3. The predicted molar refractivity (Wildman–Crippen MR) is 77.4 cm³/mol. The maximum Gasteiger partial charge on any atom is 0.220 e. The Hall–Kier alpha value is -1.29. The molecule has 20 heavy (non-hydrogen) atoms. The Balaban J connectivity index is 1.47. The molecule has 1 amide bonds. The molecule has 4 heteroatoms.